The highest BCUT2D eigenvalue weighted by molar-refractivity contribution is 7.90. The van der Waals surface area contributed by atoms with Crippen molar-refractivity contribution in [2.24, 2.45) is 0 Å². The Hall–Kier alpha value is -0.170. The molecule has 3 unspecified atom stereocenters. The molecule has 6 heteroatoms. The third-order valence-electron chi connectivity index (χ3n) is 2.86. The SMILES string of the molecule is COC1CCCC1NS(=O)(=O)C(C)CO. The van der Waals surface area contributed by atoms with Gasteiger partial charge in [-0.3, -0.25) is 0 Å². The van der Waals surface area contributed by atoms with Crippen LogP contribution in [-0.4, -0.2) is 44.6 Å². The Labute approximate surface area is 90.9 Å². The van der Waals surface area contributed by atoms with E-state index in [9.17, 15) is 8.42 Å². The molecule has 2 N–H and O–H groups in total. The zero-order valence-corrected chi connectivity index (χ0v) is 9.96. The fraction of sp³-hybridized carbons (Fsp3) is 1.00. The largest absolute Gasteiger partial charge is 0.395 e. The van der Waals surface area contributed by atoms with Crippen molar-refractivity contribution in [2.45, 2.75) is 43.6 Å². The summed E-state index contributed by atoms with van der Waals surface area (Å²) >= 11 is 0. The van der Waals surface area contributed by atoms with E-state index in [1.807, 2.05) is 0 Å². The topological polar surface area (TPSA) is 75.6 Å². The molecule has 0 bridgehead atoms. The fourth-order valence-electron chi connectivity index (χ4n) is 1.77. The van der Waals surface area contributed by atoms with Crippen molar-refractivity contribution < 1.29 is 18.3 Å². The van der Waals surface area contributed by atoms with Crippen molar-refractivity contribution >= 4 is 10.0 Å². The molecule has 3 atom stereocenters. The summed E-state index contributed by atoms with van der Waals surface area (Å²) in [4.78, 5) is 0. The summed E-state index contributed by atoms with van der Waals surface area (Å²) in [7, 11) is -1.83. The molecule has 0 aromatic heterocycles. The number of aliphatic hydroxyl groups excluding tert-OH is 1. The predicted molar refractivity (Wildman–Crippen MR) is 57.0 cm³/mol. The van der Waals surface area contributed by atoms with Crippen LogP contribution in [0.4, 0.5) is 0 Å². The molecule has 1 aliphatic rings. The first-order valence-corrected chi connectivity index (χ1v) is 6.70. The molecule has 0 radical (unpaired) electrons. The van der Waals surface area contributed by atoms with Gasteiger partial charge in [0.1, 0.15) is 0 Å². The maximum Gasteiger partial charge on any atom is 0.216 e. The van der Waals surface area contributed by atoms with Gasteiger partial charge < -0.3 is 9.84 Å². The average Bonchev–Trinajstić information content (AvgIpc) is 2.63. The Morgan fingerprint density at radius 3 is 2.73 bits per heavy atom. The Morgan fingerprint density at radius 1 is 1.53 bits per heavy atom. The Kier molecular flexibility index (Phi) is 4.51. The summed E-state index contributed by atoms with van der Waals surface area (Å²) in [5.41, 5.74) is 0. The summed E-state index contributed by atoms with van der Waals surface area (Å²) < 4.78 is 31.1. The second kappa shape index (κ2) is 5.25. The van der Waals surface area contributed by atoms with Gasteiger partial charge in [0.15, 0.2) is 0 Å². The first-order chi connectivity index (χ1) is 7.01. The van der Waals surface area contributed by atoms with Crippen molar-refractivity contribution in [3.8, 4) is 0 Å². The molecule has 0 aromatic carbocycles. The molecule has 1 aliphatic carbocycles. The molecular weight excluding hydrogens is 218 g/mol. The van der Waals surface area contributed by atoms with Crippen LogP contribution in [0, 0.1) is 0 Å². The van der Waals surface area contributed by atoms with Crippen LogP contribution in [0.1, 0.15) is 26.2 Å². The summed E-state index contributed by atoms with van der Waals surface area (Å²) in [6, 6.07) is -0.144. The number of methoxy groups -OCH3 is 1. The molecule has 0 aliphatic heterocycles. The number of ether oxygens (including phenoxy) is 1. The molecule has 5 nitrogen and oxygen atoms in total. The van der Waals surface area contributed by atoms with E-state index in [0.29, 0.717) is 0 Å². The first-order valence-electron chi connectivity index (χ1n) is 5.16. The van der Waals surface area contributed by atoms with Crippen molar-refractivity contribution in [3.05, 3.63) is 0 Å². The van der Waals surface area contributed by atoms with E-state index in [0.717, 1.165) is 19.3 Å². The van der Waals surface area contributed by atoms with Crippen LogP contribution in [0.5, 0.6) is 0 Å². The lowest BCUT2D eigenvalue weighted by Gasteiger charge is -2.21. The van der Waals surface area contributed by atoms with Gasteiger partial charge in [-0.15, -0.1) is 0 Å². The zero-order chi connectivity index (χ0) is 11.5. The smallest absolute Gasteiger partial charge is 0.216 e. The van der Waals surface area contributed by atoms with Gasteiger partial charge in [-0.2, -0.15) is 0 Å². The summed E-state index contributed by atoms with van der Waals surface area (Å²) in [6.07, 6.45) is 2.62. The zero-order valence-electron chi connectivity index (χ0n) is 9.14. The van der Waals surface area contributed by atoms with Gasteiger partial charge in [0.25, 0.3) is 0 Å². The molecule has 0 saturated heterocycles. The van der Waals surface area contributed by atoms with Crippen molar-refractivity contribution in [2.75, 3.05) is 13.7 Å². The lowest BCUT2D eigenvalue weighted by Crippen LogP contribution is -2.45. The van der Waals surface area contributed by atoms with Crippen molar-refractivity contribution in [3.63, 3.8) is 0 Å². The molecule has 1 fully saturated rings. The van der Waals surface area contributed by atoms with Crippen LogP contribution < -0.4 is 4.72 Å². The van der Waals surface area contributed by atoms with E-state index in [1.165, 1.54) is 6.92 Å². The third kappa shape index (κ3) is 3.14. The van der Waals surface area contributed by atoms with E-state index in [-0.39, 0.29) is 18.8 Å². The Bertz CT molecular complexity index is 290. The molecule has 1 saturated carbocycles. The van der Waals surface area contributed by atoms with Gasteiger partial charge in [0.2, 0.25) is 10.0 Å². The number of aliphatic hydroxyl groups is 1. The molecule has 0 aromatic rings. The molecule has 0 amide bonds. The van der Waals surface area contributed by atoms with Crippen LogP contribution >= 0.6 is 0 Å². The Balaban J connectivity index is 2.61. The highest BCUT2D eigenvalue weighted by Crippen LogP contribution is 2.22. The molecule has 0 heterocycles. The lowest BCUT2D eigenvalue weighted by molar-refractivity contribution is 0.0915. The maximum atomic E-state index is 11.7. The standard InChI is InChI=1S/C9H19NO4S/c1-7(6-11)15(12,13)10-8-4-3-5-9(8)14-2/h7-11H,3-6H2,1-2H3. The maximum absolute atomic E-state index is 11.7. The second-order valence-corrected chi connectivity index (χ2v) is 6.10. The molecule has 1 rings (SSSR count). The van der Waals surface area contributed by atoms with Crippen LogP contribution in [0.3, 0.4) is 0 Å². The highest BCUT2D eigenvalue weighted by atomic mass is 32.2. The van der Waals surface area contributed by atoms with Crippen molar-refractivity contribution in [1.82, 2.24) is 4.72 Å². The van der Waals surface area contributed by atoms with Gasteiger partial charge in [0, 0.05) is 13.2 Å². The molecule has 15 heavy (non-hydrogen) atoms. The number of rotatable bonds is 5. The van der Waals surface area contributed by atoms with Gasteiger partial charge >= 0.3 is 0 Å². The van der Waals surface area contributed by atoms with E-state index in [4.69, 9.17) is 9.84 Å². The summed E-state index contributed by atoms with van der Waals surface area (Å²) in [6.45, 7) is 1.12. The van der Waals surface area contributed by atoms with Gasteiger partial charge in [0.05, 0.1) is 18.0 Å². The number of hydrogen-bond donors (Lipinski definition) is 2. The first kappa shape index (κ1) is 12.9. The van der Waals surface area contributed by atoms with Gasteiger partial charge in [-0.25, -0.2) is 13.1 Å². The predicted octanol–water partition coefficient (Wildman–Crippen LogP) is -0.146. The number of sulfonamides is 1. The van der Waals surface area contributed by atoms with E-state index < -0.39 is 15.3 Å². The van der Waals surface area contributed by atoms with Gasteiger partial charge in [-0.05, 0) is 26.2 Å². The van der Waals surface area contributed by atoms with Crippen molar-refractivity contribution in [1.29, 1.82) is 0 Å². The van der Waals surface area contributed by atoms with Crippen LogP contribution in [0.15, 0.2) is 0 Å². The number of hydrogen-bond acceptors (Lipinski definition) is 4. The summed E-state index contributed by atoms with van der Waals surface area (Å²) in [5, 5.41) is 8.05. The van der Waals surface area contributed by atoms with E-state index in [2.05, 4.69) is 4.72 Å². The second-order valence-electron chi connectivity index (χ2n) is 3.97. The normalized spacial score (nSPS) is 29.3. The summed E-state index contributed by atoms with van der Waals surface area (Å²) in [5.74, 6) is 0. The minimum absolute atomic E-state index is 0.0364. The lowest BCUT2D eigenvalue weighted by atomic mass is 10.2. The highest BCUT2D eigenvalue weighted by Gasteiger charge is 2.32. The van der Waals surface area contributed by atoms with E-state index in [1.54, 1.807) is 7.11 Å². The minimum atomic E-state index is -3.42. The number of nitrogens with one attached hydrogen (secondary N) is 1. The minimum Gasteiger partial charge on any atom is -0.395 e. The molecule has 90 valence electrons. The fourth-order valence-corrected chi connectivity index (χ4v) is 2.89. The van der Waals surface area contributed by atoms with Crippen LogP contribution in [-0.2, 0) is 14.8 Å². The average molecular weight is 237 g/mol. The quantitative estimate of drug-likeness (QED) is 0.697. The Morgan fingerprint density at radius 2 is 2.20 bits per heavy atom. The van der Waals surface area contributed by atoms with Crippen LogP contribution in [0.25, 0.3) is 0 Å². The molecular formula is C9H19NO4S. The monoisotopic (exact) mass is 237 g/mol. The van der Waals surface area contributed by atoms with E-state index >= 15 is 0 Å². The molecule has 0 spiro atoms. The third-order valence-corrected chi connectivity index (χ3v) is 4.70. The van der Waals surface area contributed by atoms with Crippen LogP contribution in [0.2, 0.25) is 0 Å². The van der Waals surface area contributed by atoms with Gasteiger partial charge in [-0.1, -0.05) is 0 Å².